The average molecular weight is 651 g/mol. The Labute approximate surface area is 279 Å². The maximum absolute atomic E-state index is 14.8. The van der Waals surface area contributed by atoms with Crippen LogP contribution in [0, 0.1) is 10.8 Å². The van der Waals surface area contributed by atoms with Crippen LogP contribution in [0.1, 0.15) is 86.4 Å². The molecular formula is C38H50N6O2Si. The zero-order chi connectivity index (χ0) is 32.2. The molecule has 0 radical (unpaired) electrons. The first-order valence-corrected chi connectivity index (χ1v) is 21.8. The van der Waals surface area contributed by atoms with Crippen molar-refractivity contribution in [1.82, 2.24) is 28.8 Å². The second kappa shape index (κ2) is 10.5. The number of aromatic nitrogens is 5. The molecule has 1 aromatic carbocycles. The molecule has 4 saturated carbocycles. The summed E-state index contributed by atoms with van der Waals surface area (Å²) in [5, 5.41) is 10.0. The van der Waals surface area contributed by atoms with E-state index in [0.29, 0.717) is 23.5 Å². The molecule has 1 aliphatic heterocycles. The van der Waals surface area contributed by atoms with Gasteiger partial charge in [-0.3, -0.25) is 14.3 Å². The topological polar surface area (TPSA) is 70.1 Å². The highest BCUT2D eigenvalue weighted by Crippen LogP contribution is 2.70. The van der Waals surface area contributed by atoms with Gasteiger partial charge < -0.3 is 13.9 Å². The van der Waals surface area contributed by atoms with Crippen LogP contribution in [0.2, 0.25) is 25.7 Å². The molecule has 47 heavy (non-hydrogen) atoms. The minimum absolute atomic E-state index is 0.0571. The summed E-state index contributed by atoms with van der Waals surface area (Å²) >= 11 is 0. The highest BCUT2D eigenvalue weighted by atomic mass is 28.3. The van der Waals surface area contributed by atoms with Crippen molar-refractivity contribution in [2.75, 3.05) is 19.7 Å². The standard InChI is InChI=1S/C38H50N6O2Si/c1-41-25-39-40-35(41)38(22-37(23-38)12-13-37)28-6-5-7-29(18-28)43-21-32(27-8-9-27)31-19-30(20-42-15-14-36(24-42)10-11-36)44(33(31)34(43)45)26-46-16-17-47(2,3)4/h5-7,18-19,21,25,27H,8-17,20,22-24,26H2,1-4H3. The van der Waals surface area contributed by atoms with Crippen LogP contribution in [-0.2, 0) is 30.5 Å². The predicted molar refractivity (Wildman–Crippen MR) is 188 cm³/mol. The Hall–Kier alpha value is -3.01. The Bertz CT molecular complexity index is 1910. The number of pyridine rings is 1. The van der Waals surface area contributed by atoms with Gasteiger partial charge in [0.15, 0.2) is 0 Å². The van der Waals surface area contributed by atoms with E-state index in [1.807, 2.05) is 10.9 Å². The fourth-order valence-electron chi connectivity index (χ4n) is 9.05. The number of nitrogens with zero attached hydrogens (tertiary/aromatic N) is 6. The molecular weight excluding hydrogens is 601 g/mol. The average Bonchev–Trinajstić information content (AvgIpc) is 3.97. The molecule has 4 aliphatic carbocycles. The molecule has 9 heteroatoms. The second-order valence-electron chi connectivity index (χ2n) is 17.4. The number of aryl methyl sites for hydroxylation is 1. The molecule has 3 aromatic heterocycles. The third-order valence-corrected chi connectivity index (χ3v) is 14.1. The van der Waals surface area contributed by atoms with Crippen LogP contribution in [0.5, 0.6) is 0 Å². The Kier molecular flexibility index (Phi) is 6.71. The lowest BCUT2D eigenvalue weighted by Gasteiger charge is -2.48. The molecule has 5 fully saturated rings. The Morgan fingerprint density at radius 1 is 1.02 bits per heavy atom. The van der Waals surface area contributed by atoms with Crippen LogP contribution in [0.4, 0.5) is 0 Å². The molecule has 248 valence electrons. The molecule has 5 aliphatic rings. The number of benzene rings is 1. The van der Waals surface area contributed by atoms with E-state index in [4.69, 9.17) is 4.74 Å². The quantitative estimate of drug-likeness (QED) is 0.130. The maximum Gasteiger partial charge on any atom is 0.279 e. The van der Waals surface area contributed by atoms with Gasteiger partial charge >= 0.3 is 0 Å². The van der Waals surface area contributed by atoms with Crippen molar-refractivity contribution in [2.45, 2.75) is 108 Å². The van der Waals surface area contributed by atoms with E-state index in [-0.39, 0.29) is 11.0 Å². The molecule has 0 N–H and O–H groups in total. The zero-order valence-corrected chi connectivity index (χ0v) is 29.7. The SMILES string of the molecule is Cn1cnnc1C1(c2cccc(-n3cc(C4CC4)c4cc(CN5CCC6(CC6)C5)n(COCC[Si](C)(C)C)c4c3=O)c2)CC2(CC2)C1. The van der Waals surface area contributed by atoms with E-state index in [0.717, 1.165) is 61.0 Å². The van der Waals surface area contributed by atoms with E-state index in [1.54, 1.807) is 0 Å². The van der Waals surface area contributed by atoms with Crippen molar-refractivity contribution in [3.63, 3.8) is 0 Å². The lowest BCUT2D eigenvalue weighted by Crippen LogP contribution is -2.45. The highest BCUT2D eigenvalue weighted by Gasteiger charge is 2.63. The van der Waals surface area contributed by atoms with Crippen LogP contribution in [0.15, 0.2) is 47.7 Å². The summed E-state index contributed by atoms with van der Waals surface area (Å²) in [6.07, 6.45) is 15.3. The summed E-state index contributed by atoms with van der Waals surface area (Å²) in [5.74, 6) is 1.55. The van der Waals surface area contributed by atoms with Gasteiger partial charge in [0, 0.05) is 57.8 Å². The third-order valence-electron chi connectivity index (χ3n) is 12.4. The van der Waals surface area contributed by atoms with E-state index >= 15 is 0 Å². The first-order chi connectivity index (χ1) is 22.6. The summed E-state index contributed by atoms with van der Waals surface area (Å²) < 4.78 is 12.7. The molecule has 0 amide bonds. The second-order valence-corrected chi connectivity index (χ2v) is 23.0. The van der Waals surface area contributed by atoms with Crippen LogP contribution in [-0.4, -0.2) is 56.6 Å². The van der Waals surface area contributed by atoms with Gasteiger partial charge in [-0.15, -0.1) is 10.2 Å². The van der Waals surface area contributed by atoms with Crippen molar-refractivity contribution < 1.29 is 4.74 Å². The number of rotatable bonds is 11. The van der Waals surface area contributed by atoms with Gasteiger partial charge in [-0.05, 0) is 116 Å². The minimum Gasteiger partial charge on any atom is -0.361 e. The summed E-state index contributed by atoms with van der Waals surface area (Å²) in [6, 6.07) is 12.2. The maximum atomic E-state index is 14.8. The van der Waals surface area contributed by atoms with Crippen molar-refractivity contribution in [3.8, 4) is 5.69 Å². The van der Waals surface area contributed by atoms with E-state index < -0.39 is 8.07 Å². The lowest BCUT2D eigenvalue weighted by molar-refractivity contribution is 0.0866. The largest absolute Gasteiger partial charge is 0.361 e. The van der Waals surface area contributed by atoms with Gasteiger partial charge in [0.25, 0.3) is 5.56 Å². The first kappa shape index (κ1) is 30.1. The summed E-state index contributed by atoms with van der Waals surface area (Å²) in [6.45, 7) is 11.6. The summed E-state index contributed by atoms with van der Waals surface area (Å²) in [5.41, 5.74) is 6.49. The van der Waals surface area contributed by atoms with Crippen molar-refractivity contribution in [2.24, 2.45) is 17.9 Å². The third kappa shape index (κ3) is 5.28. The van der Waals surface area contributed by atoms with Crippen molar-refractivity contribution >= 4 is 19.0 Å². The van der Waals surface area contributed by atoms with Gasteiger partial charge in [-0.25, -0.2) is 0 Å². The molecule has 4 aromatic rings. The van der Waals surface area contributed by atoms with Crippen LogP contribution < -0.4 is 5.56 Å². The molecule has 1 saturated heterocycles. The fraction of sp³-hybridized carbons (Fsp3) is 0.605. The molecule has 8 nitrogen and oxygen atoms in total. The number of hydrogen-bond donors (Lipinski definition) is 0. The van der Waals surface area contributed by atoms with Gasteiger partial charge in [0.2, 0.25) is 0 Å². The molecule has 4 heterocycles. The van der Waals surface area contributed by atoms with E-state index in [1.165, 1.54) is 68.3 Å². The van der Waals surface area contributed by atoms with Crippen LogP contribution in [0.3, 0.4) is 0 Å². The Balaban J connectivity index is 1.14. The van der Waals surface area contributed by atoms with Crippen LogP contribution in [0.25, 0.3) is 16.6 Å². The predicted octanol–water partition coefficient (Wildman–Crippen LogP) is 6.96. The van der Waals surface area contributed by atoms with Gasteiger partial charge in [-0.2, -0.15) is 0 Å². The number of fused-ring (bicyclic) bond motifs is 1. The van der Waals surface area contributed by atoms with Crippen molar-refractivity contribution in [1.29, 1.82) is 0 Å². The molecule has 0 unspecified atom stereocenters. The molecule has 0 atom stereocenters. The van der Waals surface area contributed by atoms with E-state index in [9.17, 15) is 4.79 Å². The summed E-state index contributed by atoms with van der Waals surface area (Å²) in [7, 11) is 0.828. The Morgan fingerprint density at radius 2 is 1.81 bits per heavy atom. The highest BCUT2D eigenvalue weighted by molar-refractivity contribution is 6.76. The minimum atomic E-state index is -1.23. The zero-order valence-electron chi connectivity index (χ0n) is 28.7. The van der Waals surface area contributed by atoms with E-state index in [2.05, 4.69) is 87.4 Å². The monoisotopic (exact) mass is 650 g/mol. The van der Waals surface area contributed by atoms with Gasteiger partial charge in [0.1, 0.15) is 24.4 Å². The lowest BCUT2D eigenvalue weighted by atomic mass is 9.56. The Morgan fingerprint density at radius 3 is 2.47 bits per heavy atom. The molecule has 0 bridgehead atoms. The number of hydrogen-bond acceptors (Lipinski definition) is 5. The first-order valence-electron chi connectivity index (χ1n) is 18.1. The number of ether oxygens (including phenoxy) is 1. The fourth-order valence-corrected chi connectivity index (χ4v) is 9.81. The molecule has 9 rings (SSSR count). The molecule has 2 spiro atoms. The normalized spacial score (nSPS) is 22.4. The van der Waals surface area contributed by atoms with Crippen molar-refractivity contribution in [3.05, 3.63) is 75.9 Å². The smallest absolute Gasteiger partial charge is 0.279 e. The van der Waals surface area contributed by atoms with Crippen LogP contribution >= 0.6 is 0 Å². The number of likely N-dealkylation sites (tertiary alicyclic amines) is 1. The summed E-state index contributed by atoms with van der Waals surface area (Å²) in [4.78, 5) is 17.4. The van der Waals surface area contributed by atoms with Gasteiger partial charge in [0.05, 0.1) is 5.41 Å². The van der Waals surface area contributed by atoms with Gasteiger partial charge in [-0.1, -0.05) is 31.8 Å².